The van der Waals surface area contributed by atoms with E-state index in [4.69, 9.17) is 32.7 Å². The minimum Gasteiger partial charge on any atom is -0.490 e. The Balaban J connectivity index is 1.06. The molecule has 0 aliphatic heterocycles. The number of aromatic nitrogens is 1. The molecular formula is C33H29Cl2N3O6. The molecule has 11 heteroatoms. The van der Waals surface area contributed by atoms with E-state index in [0.717, 1.165) is 37.0 Å². The minimum atomic E-state index is -1.10. The summed E-state index contributed by atoms with van der Waals surface area (Å²) in [5.41, 5.74) is 1.42. The van der Waals surface area contributed by atoms with Gasteiger partial charge in [-0.1, -0.05) is 47.5 Å². The van der Waals surface area contributed by atoms with Gasteiger partial charge >= 0.3 is 5.97 Å². The number of carboxylic acids is 1. The first-order chi connectivity index (χ1) is 21.2. The zero-order valence-electron chi connectivity index (χ0n) is 23.5. The molecule has 2 amide bonds. The molecule has 1 aliphatic carbocycles. The average molecular weight is 635 g/mol. The summed E-state index contributed by atoms with van der Waals surface area (Å²) in [6.45, 7) is 0. The van der Waals surface area contributed by atoms with Crippen molar-refractivity contribution in [2.45, 2.75) is 44.2 Å². The van der Waals surface area contributed by atoms with E-state index in [1.165, 1.54) is 18.3 Å². The number of hydrogen-bond donors (Lipinski definition) is 3. The van der Waals surface area contributed by atoms with E-state index in [2.05, 4.69) is 15.6 Å². The number of aromatic carboxylic acids is 1. The zero-order chi connectivity index (χ0) is 31.1. The molecule has 0 bridgehead atoms. The molecule has 1 fully saturated rings. The number of halogens is 2. The summed E-state index contributed by atoms with van der Waals surface area (Å²) in [5.74, 6) is 0.328. The highest BCUT2D eigenvalue weighted by Gasteiger charge is 2.24. The molecule has 9 nitrogen and oxygen atoms in total. The van der Waals surface area contributed by atoms with Crippen molar-refractivity contribution >= 4 is 46.7 Å². The lowest BCUT2D eigenvalue weighted by Gasteiger charge is -2.29. The van der Waals surface area contributed by atoms with Crippen LogP contribution in [0.3, 0.4) is 0 Å². The first-order valence-corrected chi connectivity index (χ1v) is 14.8. The van der Waals surface area contributed by atoms with Crippen molar-refractivity contribution in [3.05, 3.63) is 112 Å². The molecule has 1 saturated carbocycles. The number of anilines is 1. The smallest absolute Gasteiger partial charge is 0.337 e. The van der Waals surface area contributed by atoms with Crippen molar-refractivity contribution in [1.29, 1.82) is 0 Å². The summed E-state index contributed by atoms with van der Waals surface area (Å²) in [4.78, 5) is 40.3. The molecule has 3 N–H and O–H groups in total. The lowest BCUT2D eigenvalue weighted by molar-refractivity contribution is -0.115. The number of rotatable bonds is 10. The van der Waals surface area contributed by atoms with Gasteiger partial charge in [0, 0.05) is 12.2 Å². The highest BCUT2D eigenvalue weighted by Crippen LogP contribution is 2.28. The van der Waals surface area contributed by atoms with Gasteiger partial charge in [-0.25, -0.2) is 9.78 Å². The number of hydrogen-bond acceptors (Lipinski definition) is 6. The normalized spacial score (nSPS) is 16.0. The van der Waals surface area contributed by atoms with Gasteiger partial charge in [0.25, 0.3) is 5.91 Å². The third-order valence-electron chi connectivity index (χ3n) is 7.15. The second kappa shape index (κ2) is 14.2. The van der Waals surface area contributed by atoms with E-state index in [1.54, 1.807) is 42.5 Å². The molecule has 44 heavy (non-hydrogen) atoms. The molecule has 0 unspecified atom stereocenters. The van der Waals surface area contributed by atoms with Crippen molar-refractivity contribution in [2.24, 2.45) is 0 Å². The maximum absolute atomic E-state index is 12.5. The maximum atomic E-state index is 12.5. The Morgan fingerprint density at radius 3 is 2.16 bits per heavy atom. The quantitative estimate of drug-likeness (QED) is 0.158. The molecule has 226 valence electrons. The molecule has 3 aromatic carbocycles. The summed E-state index contributed by atoms with van der Waals surface area (Å²) >= 11 is 11.8. The Labute approximate surface area is 264 Å². The molecular weight excluding hydrogens is 605 g/mol. The molecule has 1 heterocycles. The largest absolute Gasteiger partial charge is 0.490 e. The van der Waals surface area contributed by atoms with Gasteiger partial charge in [0.2, 0.25) is 5.91 Å². The third-order valence-corrected chi connectivity index (χ3v) is 7.84. The SMILES string of the molecule is O=C(Cc1ccc(Oc2ccc(OC3CCC(NC(=O)c4cnc(Cl)c(Cl)c4)CC3)cc2)cc1)Nc1ccccc1C(=O)O. The Morgan fingerprint density at radius 2 is 1.50 bits per heavy atom. The van der Waals surface area contributed by atoms with Gasteiger partial charge in [-0.15, -0.1) is 0 Å². The van der Waals surface area contributed by atoms with Gasteiger partial charge in [-0.3, -0.25) is 9.59 Å². The third kappa shape index (κ3) is 8.27. The van der Waals surface area contributed by atoms with Crippen LogP contribution in [0.2, 0.25) is 10.2 Å². The molecule has 0 radical (unpaired) electrons. The summed E-state index contributed by atoms with van der Waals surface area (Å²) < 4.78 is 12.1. The van der Waals surface area contributed by atoms with Gasteiger partial charge < -0.3 is 25.2 Å². The second-order valence-electron chi connectivity index (χ2n) is 10.4. The van der Waals surface area contributed by atoms with E-state index in [1.807, 2.05) is 24.3 Å². The zero-order valence-corrected chi connectivity index (χ0v) is 25.0. The van der Waals surface area contributed by atoms with Crippen LogP contribution in [0.4, 0.5) is 5.69 Å². The molecule has 0 saturated heterocycles. The monoisotopic (exact) mass is 633 g/mol. The van der Waals surface area contributed by atoms with Crippen molar-refractivity contribution in [2.75, 3.05) is 5.32 Å². The Morgan fingerprint density at radius 1 is 0.864 bits per heavy atom. The van der Waals surface area contributed by atoms with E-state index in [0.29, 0.717) is 17.1 Å². The molecule has 4 aromatic rings. The second-order valence-corrected chi connectivity index (χ2v) is 11.1. The van der Waals surface area contributed by atoms with E-state index in [9.17, 15) is 19.5 Å². The minimum absolute atomic E-state index is 0.0362. The first-order valence-electron chi connectivity index (χ1n) is 14.0. The number of ether oxygens (including phenoxy) is 2. The number of carbonyl (C=O) groups is 3. The number of nitrogens with zero attached hydrogens (tertiary/aromatic N) is 1. The standard InChI is InChI=1S/C33H29Cl2N3O6/c34-28-18-21(19-36-31(28)35)32(40)37-22-7-11-24(12-8-22)44-26-15-13-25(14-16-26)43-23-9-5-20(6-10-23)17-30(39)38-29-4-2-1-3-27(29)33(41)42/h1-6,9-10,13-16,18-19,22,24H,7-8,11-12,17H2,(H,37,40)(H,38,39)(H,41,42). The summed E-state index contributed by atoms with van der Waals surface area (Å²) in [5, 5.41) is 15.4. The number of benzene rings is 3. The van der Waals surface area contributed by atoms with E-state index < -0.39 is 5.97 Å². The summed E-state index contributed by atoms with van der Waals surface area (Å²) in [6.07, 6.45) is 4.74. The highest BCUT2D eigenvalue weighted by atomic mass is 35.5. The lowest BCUT2D eigenvalue weighted by Crippen LogP contribution is -2.39. The van der Waals surface area contributed by atoms with Crippen LogP contribution in [-0.4, -0.2) is 40.0 Å². The van der Waals surface area contributed by atoms with Crippen LogP contribution >= 0.6 is 23.2 Å². The van der Waals surface area contributed by atoms with Crippen LogP contribution in [0, 0.1) is 0 Å². The average Bonchev–Trinajstić information content (AvgIpc) is 3.01. The predicted octanol–water partition coefficient (Wildman–Crippen LogP) is 7.18. The van der Waals surface area contributed by atoms with Gasteiger partial charge in [0.1, 0.15) is 22.4 Å². The summed E-state index contributed by atoms with van der Waals surface area (Å²) in [6, 6.07) is 22.3. The molecule has 5 rings (SSSR count). The number of nitrogens with one attached hydrogen (secondary N) is 2. The fourth-order valence-electron chi connectivity index (χ4n) is 4.89. The van der Waals surface area contributed by atoms with Crippen LogP contribution in [0.25, 0.3) is 0 Å². The van der Waals surface area contributed by atoms with Gasteiger partial charge in [-0.05, 0) is 85.8 Å². The van der Waals surface area contributed by atoms with Crippen LogP contribution in [-0.2, 0) is 11.2 Å². The van der Waals surface area contributed by atoms with E-state index >= 15 is 0 Å². The fraction of sp³-hybridized carbons (Fsp3) is 0.212. The predicted molar refractivity (Wildman–Crippen MR) is 167 cm³/mol. The van der Waals surface area contributed by atoms with Gasteiger partial charge in [-0.2, -0.15) is 0 Å². The first kappa shape index (κ1) is 30.8. The van der Waals surface area contributed by atoms with E-state index in [-0.39, 0.29) is 51.8 Å². The van der Waals surface area contributed by atoms with Gasteiger partial charge in [0.15, 0.2) is 0 Å². The number of pyridine rings is 1. The molecule has 1 aliphatic rings. The number of carbonyl (C=O) groups excluding carboxylic acids is 2. The number of para-hydroxylation sites is 1. The highest BCUT2D eigenvalue weighted by molar-refractivity contribution is 6.41. The molecule has 1 aromatic heterocycles. The van der Waals surface area contributed by atoms with Crippen LogP contribution in [0.5, 0.6) is 17.2 Å². The molecule has 0 atom stereocenters. The number of carboxylic acid groups (broad SMARTS) is 1. The number of amides is 2. The van der Waals surface area contributed by atoms with Crippen molar-refractivity contribution < 1.29 is 29.0 Å². The lowest BCUT2D eigenvalue weighted by atomic mass is 9.92. The summed E-state index contributed by atoms with van der Waals surface area (Å²) in [7, 11) is 0. The van der Waals surface area contributed by atoms with Crippen LogP contribution < -0.4 is 20.1 Å². The van der Waals surface area contributed by atoms with Crippen LogP contribution in [0.15, 0.2) is 85.1 Å². The van der Waals surface area contributed by atoms with Crippen molar-refractivity contribution in [1.82, 2.24) is 10.3 Å². The maximum Gasteiger partial charge on any atom is 0.337 e. The van der Waals surface area contributed by atoms with Gasteiger partial charge in [0.05, 0.1) is 34.4 Å². The van der Waals surface area contributed by atoms with Crippen molar-refractivity contribution in [3.63, 3.8) is 0 Å². The van der Waals surface area contributed by atoms with Crippen molar-refractivity contribution in [3.8, 4) is 17.2 Å². The Hall–Kier alpha value is -4.60. The van der Waals surface area contributed by atoms with Crippen LogP contribution in [0.1, 0.15) is 52.0 Å². The topological polar surface area (TPSA) is 127 Å². The fourth-order valence-corrected chi connectivity index (χ4v) is 5.16. The Bertz CT molecular complexity index is 1640. The molecule has 0 spiro atoms. The Kier molecular flexibility index (Phi) is 9.99.